The second-order valence-corrected chi connectivity index (χ2v) is 8.38. The molecule has 4 rings (SSSR count). The van der Waals surface area contributed by atoms with Crippen LogP contribution in [0.3, 0.4) is 0 Å². The predicted molar refractivity (Wildman–Crippen MR) is 118 cm³/mol. The summed E-state index contributed by atoms with van der Waals surface area (Å²) in [7, 11) is 0. The molecule has 1 heterocycles. The molecule has 1 nitrogen and oxygen atoms in total. The fourth-order valence-electron chi connectivity index (χ4n) is 2.71. The van der Waals surface area contributed by atoms with Crippen molar-refractivity contribution in [2.24, 2.45) is 0 Å². The molecule has 0 unspecified atom stereocenters. The van der Waals surface area contributed by atoms with Crippen molar-refractivity contribution in [1.82, 2.24) is 4.98 Å². The van der Waals surface area contributed by atoms with E-state index < -0.39 is 0 Å². The van der Waals surface area contributed by atoms with Gasteiger partial charge < -0.3 is 0 Å². The number of rotatable bonds is 3. The van der Waals surface area contributed by atoms with Crippen LogP contribution in [0.1, 0.15) is 0 Å². The molecule has 0 spiro atoms. The molecular formula is C21H11Cl4NS. The van der Waals surface area contributed by atoms with Crippen LogP contribution in [0.2, 0.25) is 20.1 Å². The molecule has 134 valence electrons. The normalized spacial score (nSPS) is 11.0. The highest BCUT2D eigenvalue weighted by molar-refractivity contribution is 7.13. The Morgan fingerprint density at radius 2 is 1.33 bits per heavy atom. The van der Waals surface area contributed by atoms with E-state index in [4.69, 9.17) is 51.4 Å². The molecule has 0 fully saturated rings. The fourth-order valence-corrected chi connectivity index (χ4v) is 4.36. The van der Waals surface area contributed by atoms with E-state index in [-0.39, 0.29) is 0 Å². The molecule has 0 aliphatic rings. The third-order valence-corrected chi connectivity index (χ3v) is 6.27. The van der Waals surface area contributed by atoms with Gasteiger partial charge in [-0.3, -0.25) is 0 Å². The second-order valence-electron chi connectivity index (χ2n) is 5.87. The van der Waals surface area contributed by atoms with Crippen molar-refractivity contribution in [2.45, 2.75) is 0 Å². The largest absolute Gasteiger partial charge is 0.236 e. The van der Waals surface area contributed by atoms with E-state index in [9.17, 15) is 0 Å². The lowest BCUT2D eigenvalue weighted by Gasteiger charge is -2.06. The third kappa shape index (κ3) is 4.01. The highest BCUT2D eigenvalue weighted by Gasteiger charge is 2.10. The van der Waals surface area contributed by atoms with E-state index in [0.717, 1.165) is 33.0 Å². The smallest absolute Gasteiger partial charge is 0.124 e. The minimum atomic E-state index is 0.521. The van der Waals surface area contributed by atoms with E-state index in [1.165, 1.54) is 0 Å². The molecule has 0 amide bonds. The zero-order valence-corrected chi connectivity index (χ0v) is 17.6. The van der Waals surface area contributed by atoms with Crippen molar-refractivity contribution >= 4 is 57.7 Å². The summed E-state index contributed by atoms with van der Waals surface area (Å²) >= 11 is 26.0. The topological polar surface area (TPSA) is 12.9 Å². The van der Waals surface area contributed by atoms with Crippen LogP contribution in [-0.4, -0.2) is 4.98 Å². The van der Waals surface area contributed by atoms with E-state index in [2.05, 4.69) is 0 Å². The van der Waals surface area contributed by atoms with Gasteiger partial charge in [0.15, 0.2) is 0 Å². The Morgan fingerprint density at radius 3 is 2.04 bits per heavy atom. The number of thiazole rings is 1. The van der Waals surface area contributed by atoms with Gasteiger partial charge in [-0.2, -0.15) is 0 Å². The summed E-state index contributed by atoms with van der Waals surface area (Å²) in [6.45, 7) is 0. The van der Waals surface area contributed by atoms with Crippen LogP contribution < -0.4 is 0 Å². The highest BCUT2D eigenvalue weighted by atomic mass is 35.5. The monoisotopic (exact) mass is 449 g/mol. The SMILES string of the molecule is Clc1ccc(-c2ccc(-c3nc(-c4ccc(Cl)c(Cl)c4)cs3)cc2)c(Cl)c1. The second kappa shape index (κ2) is 7.83. The van der Waals surface area contributed by atoms with Crippen LogP contribution in [0, 0.1) is 0 Å². The van der Waals surface area contributed by atoms with Crippen LogP contribution >= 0.6 is 57.7 Å². The van der Waals surface area contributed by atoms with Gasteiger partial charge in [0.1, 0.15) is 5.01 Å². The molecule has 27 heavy (non-hydrogen) atoms. The Bertz CT molecular complexity index is 1120. The van der Waals surface area contributed by atoms with Gasteiger partial charge >= 0.3 is 0 Å². The maximum atomic E-state index is 6.30. The van der Waals surface area contributed by atoms with Gasteiger partial charge in [0, 0.05) is 32.1 Å². The maximum Gasteiger partial charge on any atom is 0.124 e. The van der Waals surface area contributed by atoms with Crippen LogP contribution in [0.5, 0.6) is 0 Å². The molecule has 0 radical (unpaired) electrons. The van der Waals surface area contributed by atoms with Gasteiger partial charge in [0.05, 0.1) is 15.7 Å². The third-order valence-electron chi connectivity index (χ3n) is 4.09. The summed E-state index contributed by atoms with van der Waals surface area (Å²) in [6.07, 6.45) is 0. The summed E-state index contributed by atoms with van der Waals surface area (Å²) in [5.74, 6) is 0. The summed E-state index contributed by atoms with van der Waals surface area (Å²) in [5.41, 5.74) is 4.83. The molecule has 3 aromatic carbocycles. The molecule has 0 saturated heterocycles. The lowest BCUT2D eigenvalue weighted by Crippen LogP contribution is -1.83. The fraction of sp³-hybridized carbons (Fsp3) is 0. The summed E-state index contributed by atoms with van der Waals surface area (Å²) in [5, 5.41) is 5.26. The van der Waals surface area contributed by atoms with Gasteiger partial charge in [0.2, 0.25) is 0 Å². The molecule has 1 aromatic heterocycles. The van der Waals surface area contributed by atoms with E-state index >= 15 is 0 Å². The van der Waals surface area contributed by atoms with Gasteiger partial charge in [-0.1, -0.05) is 82.8 Å². The lowest BCUT2D eigenvalue weighted by molar-refractivity contribution is 1.40. The average molecular weight is 451 g/mol. The molecule has 0 atom stereocenters. The first kappa shape index (κ1) is 18.8. The molecule has 0 aliphatic carbocycles. The van der Waals surface area contributed by atoms with Crippen molar-refractivity contribution in [3.05, 3.63) is 86.1 Å². The summed E-state index contributed by atoms with van der Waals surface area (Å²) in [4.78, 5) is 4.73. The van der Waals surface area contributed by atoms with Crippen LogP contribution in [-0.2, 0) is 0 Å². The molecular weight excluding hydrogens is 440 g/mol. The van der Waals surface area contributed by atoms with Crippen LogP contribution in [0.15, 0.2) is 66.0 Å². The molecule has 0 bridgehead atoms. The molecule has 0 aliphatic heterocycles. The Balaban J connectivity index is 1.63. The van der Waals surface area contributed by atoms with Crippen molar-refractivity contribution in [2.75, 3.05) is 0 Å². The standard InChI is InChI=1S/C21H11Cl4NS/c22-15-6-7-16(18(24)10-15)12-1-3-13(4-2-12)21-26-20(11-27-21)14-5-8-17(23)19(25)9-14/h1-11H. The van der Waals surface area contributed by atoms with Crippen molar-refractivity contribution in [1.29, 1.82) is 0 Å². The molecule has 0 saturated carbocycles. The Labute approximate surface area is 181 Å². The van der Waals surface area contributed by atoms with Crippen LogP contribution in [0.4, 0.5) is 0 Å². The quantitative estimate of drug-likeness (QED) is 0.304. The number of hydrogen-bond donors (Lipinski definition) is 0. The average Bonchev–Trinajstić information content (AvgIpc) is 3.14. The number of aromatic nitrogens is 1. The van der Waals surface area contributed by atoms with Crippen molar-refractivity contribution in [3.63, 3.8) is 0 Å². The van der Waals surface area contributed by atoms with E-state index in [1.807, 2.05) is 53.9 Å². The van der Waals surface area contributed by atoms with Crippen LogP contribution in [0.25, 0.3) is 33.0 Å². The van der Waals surface area contributed by atoms with Crippen molar-refractivity contribution in [3.8, 4) is 33.0 Å². The first-order valence-corrected chi connectivity index (χ1v) is 10.4. The molecule has 4 aromatic rings. The molecule has 6 heteroatoms. The zero-order valence-electron chi connectivity index (χ0n) is 13.7. The minimum Gasteiger partial charge on any atom is -0.236 e. The summed E-state index contributed by atoms with van der Waals surface area (Å²) in [6, 6.07) is 19.2. The highest BCUT2D eigenvalue weighted by Crippen LogP contribution is 2.34. The number of nitrogens with zero attached hydrogens (tertiary/aromatic N) is 1. The number of benzene rings is 3. The number of hydrogen-bond acceptors (Lipinski definition) is 2. The van der Waals surface area contributed by atoms with Gasteiger partial charge in [-0.25, -0.2) is 4.98 Å². The predicted octanol–water partition coefficient (Wildman–Crippen LogP) is 8.76. The zero-order chi connectivity index (χ0) is 19.0. The summed E-state index contributed by atoms with van der Waals surface area (Å²) < 4.78 is 0. The minimum absolute atomic E-state index is 0.521. The van der Waals surface area contributed by atoms with Crippen molar-refractivity contribution < 1.29 is 0 Å². The lowest BCUT2D eigenvalue weighted by atomic mass is 10.0. The van der Waals surface area contributed by atoms with E-state index in [1.54, 1.807) is 23.5 Å². The van der Waals surface area contributed by atoms with Gasteiger partial charge in [-0.05, 0) is 29.8 Å². The first-order chi connectivity index (χ1) is 13.0. The number of halogens is 4. The molecule has 0 N–H and O–H groups in total. The van der Waals surface area contributed by atoms with Gasteiger partial charge in [0.25, 0.3) is 0 Å². The maximum absolute atomic E-state index is 6.30. The Hall–Kier alpha value is -1.55. The first-order valence-electron chi connectivity index (χ1n) is 7.98. The Morgan fingerprint density at radius 1 is 0.630 bits per heavy atom. The van der Waals surface area contributed by atoms with E-state index in [0.29, 0.717) is 20.1 Å². The Kier molecular flexibility index (Phi) is 5.45. The van der Waals surface area contributed by atoms with Gasteiger partial charge in [-0.15, -0.1) is 11.3 Å².